The zero-order valence-corrected chi connectivity index (χ0v) is 45.0. The molecule has 1 atom stereocenters. The van der Waals surface area contributed by atoms with Gasteiger partial charge in [-0.1, -0.05) is 227 Å². The number of esters is 3. The third kappa shape index (κ3) is 55.1. The largest absolute Gasteiger partial charge is 0.462 e. The second-order valence-electron chi connectivity index (χ2n) is 18.8. The summed E-state index contributed by atoms with van der Waals surface area (Å²) >= 11 is 0. The molecule has 0 spiro atoms. The zero-order chi connectivity index (χ0) is 50.0. The lowest BCUT2D eigenvalue weighted by Crippen LogP contribution is -2.30. The lowest BCUT2D eigenvalue weighted by atomic mass is 10.1. The Bertz CT molecular complexity index is 1380. The first-order chi connectivity index (χ1) is 34.0. The van der Waals surface area contributed by atoms with Crippen molar-refractivity contribution >= 4 is 17.9 Å². The van der Waals surface area contributed by atoms with Crippen LogP contribution in [0.25, 0.3) is 0 Å². The molecule has 0 saturated heterocycles. The van der Waals surface area contributed by atoms with Crippen molar-refractivity contribution in [2.45, 2.75) is 271 Å². The Balaban J connectivity index is 4.43. The van der Waals surface area contributed by atoms with Crippen LogP contribution in [0.4, 0.5) is 0 Å². The van der Waals surface area contributed by atoms with Crippen molar-refractivity contribution in [3.05, 3.63) is 97.2 Å². The van der Waals surface area contributed by atoms with E-state index in [2.05, 4.69) is 118 Å². The standard InChI is InChI=1S/C63H106O6/c1-4-7-10-13-16-19-22-25-28-31-34-37-40-43-46-49-52-55-61(64)67-58-60(69-63(66)57-54-51-48-45-42-39-36-33-30-27-24-21-18-15-12-9-6-3)59-68-62(65)56-53-50-47-44-41-38-35-32-29-26-23-20-17-14-11-8-5-2/h7,9-10,12,16-21,25-30,60H,4-6,8,11,13-15,22-24,31-59H2,1-3H3/b10-7-,12-9-,19-16-,20-17-,21-18-,28-25-,29-26-,30-27-. The monoisotopic (exact) mass is 959 g/mol. The topological polar surface area (TPSA) is 78.9 Å². The van der Waals surface area contributed by atoms with E-state index in [4.69, 9.17) is 14.2 Å². The van der Waals surface area contributed by atoms with Crippen molar-refractivity contribution in [2.75, 3.05) is 13.2 Å². The molecule has 0 saturated carbocycles. The van der Waals surface area contributed by atoms with Crippen LogP contribution in [0.5, 0.6) is 0 Å². The van der Waals surface area contributed by atoms with Crippen molar-refractivity contribution in [3.63, 3.8) is 0 Å². The molecule has 0 rings (SSSR count). The predicted molar refractivity (Wildman–Crippen MR) is 297 cm³/mol. The van der Waals surface area contributed by atoms with Crippen LogP contribution in [0, 0.1) is 0 Å². The van der Waals surface area contributed by atoms with Gasteiger partial charge in [0, 0.05) is 19.3 Å². The summed E-state index contributed by atoms with van der Waals surface area (Å²) < 4.78 is 16.9. The van der Waals surface area contributed by atoms with Crippen LogP contribution in [0.2, 0.25) is 0 Å². The maximum atomic E-state index is 12.9. The number of carbonyl (C=O) groups is 3. The van der Waals surface area contributed by atoms with Gasteiger partial charge in [-0.3, -0.25) is 14.4 Å². The van der Waals surface area contributed by atoms with Crippen LogP contribution in [0.3, 0.4) is 0 Å². The summed E-state index contributed by atoms with van der Waals surface area (Å²) in [5.41, 5.74) is 0. The lowest BCUT2D eigenvalue weighted by molar-refractivity contribution is -0.167. The van der Waals surface area contributed by atoms with Crippen LogP contribution in [0.1, 0.15) is 265 Å². The van der Waals surface area contributed by atoms with Gasteiger partial charge >= 0.3 is 17.9 Å². The number of carbonyl (C=O) groups excluding carboxylic acids is 3. The third-order valence-corrected chi connectivity index (χ3v) is 12.1. The van der Waals surface area contributed by atoms with E-state index in [9.17, 15) is 14.4 Å². The van der Waals surface area contributed by atoms with Gasteiger partial charge in [0.25, 0.3) is 0 Å². The quantitative estimate of drug-likeness (QED) is 0.0262. The molecule has 0 N–H and O–H groups in total. The molecule has 0 aliphatic carbocycles. The normalized spacial score (nSPS) is 12.8. The first-order valence-electron chi connectivity index (χ1n) is 28.7. The summed E-state index contributed by atoms with van der Waals surface area (Å²) in [5, 5.41) is 0. The fourth-order valence-corrected chi connectivity index (χ4v) is 7.80. The van der Waals surface area contributed by atoms with Gasteiger partial charge in [-0.05, 0) is 116 Å². The number of unbranched alkanes of at least 4 members (excludes halogenated alkanes) is 24. The number of hydrogen-bond acceptors (Lipinski definition) is 6. The summed E-state index contributed by atoms with van der Waals surface area (Å²) in [7, 11) is 0. The second-order valence-corrected chi connectivity index (χ2v) is 18.8. The summed E-state index contributed by atoms with van der Waals surface area (Å²) in [6.07, 6.45) is 75.3. The number of allylic oxidation sites excluding steroid dienone is 16. The Morgan fingerprint density at radius 2 is 0.565 bits per heavy atom. The highest BCUT2D eigenvalue weighted by atomic mass is 16.6. The fraction of sp³-hybridized carbons (Fsp3) is 0.698. The zero-order valence-electron chi connectivity index (χ0n) is 45.0. The van der Waals surface area contributed by atoms with Crippen LogP contribution >= 0.6 is 0 Å². The van der Waals surface area contributed by atoms with Crippen molar-refractivity contribution in [1.29, 1.82) is 0 Å². The van der Waals surface area contributed by atoms with Gasteiger partial charge in [-0.15, -0.1) is 0 Å². The minimum absolute atomic E-state index is 0.0894. The van der Waals surface area contributed by atoms with E-state index in [-0.39, 0.29) is 31.1 Å². The third-order valence-electron chi connectivity index (χ3n) is 12.1. The number of hydrogen-bond donors (Lipinski definition) is 0. The molecule has 69 heavy (non-hydrogen) atoms. The highest BCUT2D eigenvalue weighted by molar-refractivity contribution is 5.71. The van der Waals surface area contributed by atoms with Crippen molar-refractivity contribution < 1.29 is 28.6 Å². The maximum Gasteiger partial charge on any atom is 0.306 e. The highest BCUT2D eigenvalue weighted by Crippen LogP contribution is 2.15. The molecular formula is C63H106O6. The molecule has 6 nitrogen and oxygen atoms in total. The molecule has 1 unspecified atom stereocenters. The SMILES string of the molecule is CC/C=C\C/C=C\C/C=C\CCCCCCCCCC(=O)OCC(COC(=O)CCCCCCCCC/C=C\C/C=C\CCCCC)OC(=O)CCCCCCCCC/C=C\C/C=C\C/C=C\CC. The summed E-state index contributed by atoms with van der Waals surface area (Å²) in [6.45, 7) is 6.38. The summed E-state index contributed by atoms with van der Waals surface area (Å²) in [5.74, 6) is -0.913. The Morgan fingerprint density at radius 1 is 0.304 bits per heavy atom. The van der Waals surface area contributed by atoms with Gasteiger partial charge in [0.1, 0.15) is 13.2 Å². The van der Waals surface area contributed by atoms with E-state index in [1.807, 2.05) is 0 Å². The molecule has 0 aromatic rings. The number of rotatable bonds is 51. The Labute approximate surface area is 426 Å². The van der Waals surface area contributed by atoms with E-state index < -0.39 is 6.10 Å². The van der Waals surface area contributed by atoms with Crippen LogP contribution in [-0.2, 0) is 28.6 Å². The van der Waals surface area contributed by atoms with Gasteiger partial charge in [0.15, 0.2) is 6.10 Å². The minimum Gasteiger partial charge on any atom is -0.462 e. The molecule has 0 aliphatic rings. The highest BCUT2D eigenvalue weighted by Gasteiger charge is 2.19. The van der Waals surface area contributed by atoms with Crippen LogP contribution in [-0.4, -0.2) is 37.2 Å². The van der Waals surface area contributed by atoms with Gasteiger partial charge in [-0.2, -0.15) is 0 Å². The van der Waals surface area contributed by atoms with E-state index in [1.54, 1.807) is 0 Å². The maximum absolute atomic E-state index is 12.9. The fourth-order valence-electron chi connectivity index (χ4n) is 7.80. The predicted octanol–water partition coefficient (Wildman–Crippen LogP) is 19.3. The molecular weight excluding hydrogens is 853 g/mol. The molecule has 6 heteroatoms. The van der Waals surface area contributed by atoms with Crippen LogP contribution in [0.15, 0.2) is 97.2 Å². The molecule has 0 heterocycles. The first kappa shape index (κ1) is 65.3. The second kappa shape index (κ2) is 56.9. The summed E-state index contributed by atoms with van der Waals surface area (Å²) in [6, 6.07) is 0. The molecule has 0 aliphatic heterocycles. The summed E-state index contributed by atoms with van der Waals surface area (Å²) in [4.78, 5) is 38.2. The van der Waals surface area contributed by atoms with Gasteiger partial charge in [0.2, 0.25) is 0 Å². The van der Waals surface area contributed by atoms with E-state index in [0.717, 1.165) is 122 Å². The molecule has 394 valence electrons. The average molecular weight is 960 g/mol. The average Bonchev–Trinajstić information content (AvgIpc) is 3.35. The van der Waals surface area contributed by atoms with Gasteiger partial charge in [-0.25, -0.2) is 0 Å². The van der Waals surface area contributed by atoms with E-state index in [0.29, 0.717) is 19.3 Å². The first-order valence-corrected chi connectivity index (χ1v) is 28.7. The van der Waals surface area contributed by atoms with E-state index >= 15 is 0 Å². The number of ether oxygens (including phenoxy) is 3. The molecule has 0 aromatic carbocycles. The molecule has 0 amide bonds. The van der Waals surface area contributed by atoms with Crippen LogP contribution < -0.4 is 0 Å². The molecule has 0 bridgehead atoms. The lowest BCUT2D eigenvalue weighted by Gasteiger charge is -2.18. The molecule has 0 aromatic heterocycles. The molecule has 0 radical (unpaired) electrons. The Kier molecular flexibility index (Phi) is 53.9. The Hall–Kier alpha value is -3.67. The van der Waals surface area contributed by atoms with E-state index in [1.165, 1.54) is 103 Å². The van der Waals surface area contributed by atoms with Crippen molar-refractivity contribution in [1.82, 2.24) is 0 Å². The smallest absolute Gasteiger partial charge is 0.306 e. The Morgan fingerprint density at radius 3 is 0.884 bits per heavy atom. The van der Waals surface area contributed by atoms with Gasteiger partial charge < -0.3 is 14.2 Å². The van der Waals surface area contributed by atoms with Crippen molar-refractivity contribution in [2.24, 2.45) is 0 Å². The van der Waals surface area contributed by atoms with Crippen molar-refractivity contribution in [3.8, 4) is 0 Å². The molecule has 0 fully saturated rings. The minimum atomic E-state index is -0.792. The van der Waals surface area contributed by atoms with Gasteiger partial charge in [0.05, 0.1) is 0 Å².